The van der Waals surface area contributed by atoms with Gasteiger partial charge in [0.1, 0.15) is 0 Å². The van der Waals surface area contributed by atoms with E-state index in [0.29, 0.717) is 12.0 Å². The first-order valence-electron chi connectivity index (χ1n) is 3.02. The molecule has 0 heterocycles. The van der Waals surface area contributed by atoms with Gasteiger partial charge in [0.25, 0.3) is 0 Å². The molecule has 2 atom stereocenters. The molecular weight excluding hydrogens is 98.1 g/mol. The maximum atomic E-state index is 3.69. The van der Waals surface area contributed by atoms with Gasteiger partial charge < -0.3 is 5.32 Å². The fraction of sp³-hybridized carbons (Fsp3) is 0.714. The third kappa shape index (κ3) is 2.12. The Labute approximate surface area is 51.8 Å². The van der Waals surface area contributed by atoms with Crippen molar-refractivity contribution in [2.24, 2.45) is 5.92 Å². The number of hydrogen-bond acceptors (Lipinski definition) is 1. The Bertz CT molecular complexity index is 68.8. The van der Waals surface area contributed by atoms with E-state index < -0.39 is 0 Å². The highest BCUT2D eigenvalue weighted by Crippen LogP contribution is 2.00. The minimum atomic E-state index is 0.549. The first-order chi connectivity index (χ1) is 3.72. The van der Waals surface area contributed by atoms with Crippen LogP contribution >= 0.6 is 0 Å². The predicted molar refractivity (Wildman–Crippen MR) is 37.9 cm³/mol. The molecule has 0 amide bonds. The second-order valence-corrected chi connectivity index (χ2v) is 2.17. The van der Waals surface area contributed by atoms with Crippen molar-refractivity contribution in [1.29, 1.82) is 0 Å². The molecule has 2 unspecified atom stereocenters. The molecule has 0 bridgehead atoms. The van der Waals surface area contributed by atoms with Gasteiger partial charge in [-0.2, -0.15) is 0 Å². The minimum absolute atomic E-state index is 0.549. The first kappa shape index (κ1) is 7.70. The Hall–Kier alpha value is -0.300. The van der Waals surface area contributed by atoms with Crippen molar-refractivity contribution in [3.05, 3.63) is 12.7 Å². The zero-order chi connectivity index (χ0) is 6.57. The lowest BCUT2D eigenvalue weighted by molar-refractivity contribution is 0.499. The molecule has 0 aliphatic rings. The molecule has 0 aliphatic carbocycles. The summed E-state index contributed by atoms with van der Waals surface area (Å²) in [5.41, 5.74) is 0. The molecular formula is C7H15N. The smallest absolute Gasteiger partial charge is 0.00957 e. The zero-order valence-corrected chi connectivity index (χ0v) is 5.94. The lowest BCUT2D eigenvalue weighted by Gasteiger charge is -2.13. The Morgan fingerprint density at radius 3 is 2.12 bits per heavy atom. The van der Waals surface area contributed by atoms with E-state index in [-0.39, 0.29) is 0 Å². The highest BCUT2D eigenvalue weighted by atomic mass is 14.9. The molecule has 0 radical (unpaired) electrons. The molecule has 0 rings (SSSR count). The van der Waals surface area contributed by atoms with Gasteiger partial charge in [-0.3, -0.25) is 0 Å². The van der Waals surface area contributed by atoms with Crippen LogP contribution in [0.25, 0.3) is 0 Å². The van der Waals surface area contributed by atoms with Crippen molar-refractivity contribution < 1.29 is 0 Å². The van der Waals surface area contributed by atoms with Crippen LogP contribution in [0.5, 0.6) is 0 Å². The highest BCUT2D eigenvalue weighted by molar-refractivity contribution is 4.81. The number of nitrogens with one attached hydrogen (secondary N) is 1. The topological polar surface area (TPSA) is 12.0 Å². The van der Waals surface area contributed by atoms with E-state index in [0.717, 1.165) is 0 Å². The molecule has 0 aromatic carbocycles. The van der Waals surface area contributed by atoms with Crippen LogP contribution in [0.15, 0.2) is 12.7 Å². The summed E-state index contributed by atoms with van der Waals surface area (Å²) in [6, 6.07) is 0.549. The molecule has 1 nitrogen and oxygen atoms in total. The van der Waals surface area contributed by atoms with Gasteiger partial charge in [0.2, 0.25) is 0 Å². The summed E-state index contributed by atoms with van der Waals surface area (Å²) in [7, 11) is 1.96. The van der Waals surface area contributed by atoms with E-state index in [9.17, 15) is 0 Å². The van der Waals surface area contributed by atoms with Gasteiger partial charge in [-0.25, -0.2) is 0 Å². The van der Waals surface area contributed by atoms with Crippen LogP contribution in [0.1, 0.15) is 13.8 Å². The van der Waals surface area contributed by atoms with Gasteiger partial charge in [0, 0.05) is 6.04 Å². The fourth-order valence-corrected chi connectivity index (χ4v) is 0.467. The van der Waals surface area contributed by atoms with Crippen LogP contribution in [0.2, 0.25) is 0 Å². The molecule has 0 aromatic rings. The van der Waals surface area contributed by atoms with Gasteiger partial charge in [0.15, 0.2) is 0 Å². The Morgan fingerprint density at radius 2 is 2.00 bits per heavy atom. The molecule has 0 saturated carbocycles. The van der Waals surface area contributed by atoms with Crippen molar-refractivity contribution in [3.63, 3.8) is 0 Å². The number of rotatable bonds is 3. The van der Waals surface area contributed by atoms with Crippen molar-refractivity contribution in [2.45, 2.75) is 19.9 Å². The predicted octanol–water partition coefficient (Wildman–Crippen LogP) is 1.42. The summed E-state index contributed by atoms with van der Waals surface area (Å²) in [5.74, 6) is 0.569. The first-order valence-corrected chi connectivity index (χ1v) is 3.02. The van der Waals surface area contributed by atoms with Crippen LogP contribution in [-0.2, 0) is 0 Å². The van der Waals surface area contributed by atoms with Crippen LogP contribution in [0, 0.1) is 5.92 Å². The molecule has 8 heavy (non-hydrogen) atoms. The van der Waals surface area contributed by atoms with Gasteiger partial charge in [-0.15, -0.1) is 6.58 Å². The highest BCUT2D eigenvalue weighted by Gasteiger charge is 2.02. The van der Waals surface area contributed by atoms with E-state index in [4.69, 9.17) is 0 Å². The fourth-order valence-electron chi connectivity index (χ4n) is 0.467. The van der Waals surface area contributed by atoms with Crippen molar-refractivity contribution in [3.8, 4) is 0 Å². The summed E-state index contributed by atoms with van der Waals surface area (Å²) in [6.07, 6.45) is 1.96. The normalized spacial score (nSPS) is 17.4. The third-order valence-corrected chi connectivity index (χ3v) is 1.62. The average molecular weight is 113 g/mol. The lowest BCUT2D eigenvalue weighted by Crippen LogP contribution is -2.27. The van der Waals surface area contributed by atoms with Crippen molar-refractivity contribution in [1.82, 2.24) is 5.32 Å². The van der Waals surface area contributed by atoms with Crippen LogP contribution in [0.3, 0.4) is 0 Å². The molecule has 0 spiro atoms. The standard InChI is InChI=1S/C7H15N/c1-5-6(2)7(3)8-4/h5-8H,1H2,2-4H3. The summed E-state index contributed by atoms with van der Waals surface area (Å²) in [5, 5.41) is 3.14. The molecule has 48 valence electrons. The van der Waals surface area contributed by atoms with Gasteiger partial charge in [-0.05, 0) is 19.9 Å². The molecule has 1 heteroatoms. The maximum absolute atomic E-state index is 3.69. The van der Waals surface area contributed by atoms with E-state index in [1.165, 1.54) is 0 Å². The van der Waals surface area contributed by atoms with E-state index >= 15 is 0 Å². The lowest BCUT2D eigenvalue weighted by atomic mass is 10.1. The SMILES string of the molecule is C=CC(C)C(C)NC. The van der Waals surface area contributed by atoms with Crippen LogP contribution in [0.4, 0.5) is 0 Å². The third-order valence-electron chi connectivity index (χ3n) is 1.62. The monoisotopic (exact) mass is 113 g/mol. The second kappa shape index (κ2) is 3.67. The average Bonchev–Trinajstić information content (AvgIpc) is 1.84. The molecule has 1 N–H and O–H groups in total. The zero-order valence-electron chi connectivity index (χ0n) is 5.94. The van der Waals surface area contributed by atoms with E-state index in [2.05, 4.69) is 25.7 Å². The van der Waals surface area contributed by atoms with Gasteiger partial charge >= 0.3 is 0 Å². The van der Waals surface area contributed by atoms with Crippen molar-refractivity contribution in [2.75, 3.05) is 7.05 Å². The van der Waals surface area contributed by atoms with Gasteiger partial charge in [0.05, 0.1) is 0 Å². The van der Waals surface area contributed by atoms with E-state index in [1.807, 2.05) is 13.1 Å². The summed E-state index contributed by atoms with van der Waals surface area (Å²) in [6.45, 7) is 7.98. The Balaban J connectivity index is 3.44. The Kier molecular flexibility index (Phi) is 3.53. The van der Waals surface area contributed by atoms with Crippen molar-refractivity contribution >= 4 is 0 Å². The maximum Gasteiger partial charge on any atom is 0.00957 e. The molecule has 0 aromatic heterocycles. The van der Waals surface area contributed by atoms with E-state index in [1.54, 1.807) is 0 Å². The quantitative estimate of drug-likeness (QED) is 0.546. The molecule has 0 aliphatic heterocycles. The minimum Gasteiger partial charge on any atom is -0.317 e. The summed E-state index contributed by atoms with van der Waals surface area (Å²) < 4.78 is 0. The largest absolute Gasteiger partial charge is 0.317 e. The van der Waals surface area contributed by atoms with Gasteiger partial charge in [-0.1, -0.05) is 13.0 Å². The molecule has 0 fully saturated rings. The summed E-state index contributed by atoms with van der Waals surface area (Å²) >= 11 is 0. The summed E-state index contributed by atoms with van der Waals surface area (Å²) in [4.78, 5) is 0. The Morgan fingerprint density at radius 1 is 1.50 bits per heavy atom. The molecule has 0 saturated heterocycles. The van der Waals surface area contributed by atoms with Crippen LogP contribution < -0.4 is 5.32 Å². The second-order valence-electron chi connectivity index (χ2n) is 2.17. The van der Waals surface area contributed by atoms with Crippen LogP contribution in [-0.4, -0.2) is 13.1 Å². The number of hydrogen-bond donors (Lipinski definition) is 1.